The summed E-state index contributed by atoms with van der Waals surface area (Å²) in [6.07, 6.45) is 1.12. The predicted molar refractivity (Wildman–Crippen MR) is 71.9 cm³/mol. The highest BCUT2D eigenvalue weighted by molar-refractivity contribution is 7.99. The van der Waals surface area contributed by atoms with Gasteiger partial charge in [0.15, 0.2) is 0 Å². The van der Waals surface area contributed by atoms with Crippen molar-refractivity contribution in [2.45, 2.75) is 6.10 Å². The zero-order valence-corrected chi connectivity index (χ0v) is 10.5. The first-order valence-electron chi connectivity index (χ1n) is 5.42. The molecule has 3 nitrogen and oxygen atoms in total. The van der Waals surface area contributed by atoms with Gasteiger partial charge in [-0.15, -0.1) is 18.3 Å². The molecule has 92 valence electrons. The van der Waals surface area contributed by atoms with Crippen molar-refractivity contribution in [1.29, 1.82) is 0 Å². The molecule has 0 aliphatic heterocycles. The second-order valence-electron chi connectivity index (χ2n) is 3.53. The van der Waals surface area contributed by atoms with E-state index in [2.05, 4.69) is 11.9 Å². The highest BCUT2D eigenvalue weighted by Gasteiger charge is 2.08. The van der Waals surface area contributed by atoms with E-state index >= 15 is 0 Å². The minimum atomic E-state index is -0.520. The molecule has 0 spiro atoms. The second kappa shape index (κ2) is 7.92. The van der Waals surface area contributed by atoms with Gasteiger partial charge in [0.05, 0.1) is 11.9 Å². The standard InChI is InChI=1S/C13H17NO2S/c1-2-8-14-13(16)10-17-9-12(15)11-6-4-3-5-7-11/h2-7,12,15H,1,8-10H2,(H,14,16). The van der Waals surface area contributed by atoms with Crippen LogP contribution >= 0.6 is 11.8 Å². The number of rotatable bonds is 7. The number of hydrogen-bond acceptors (Lipinski definition) is 3. The summed E-state index contributed by atoms with van der Waals surface area (Å²) in [6.45, 7) is 4.01. The van der Waals surface area contributed by atoms with Crippen LogP contribution in [0.1, 0.15) is 11.7 Å². The van der Waals surface area contributed by atoms with Crippen LogP contribution in [-0.4, -0.2) is 29.1 Å². The van der Waals surface area contributed by atoms with Gasteiger partial charge < -0.3 is 10.4 Å². The number of aliphatic hydroxyl groups is 1. The minimum absolute atomic E-state index is 0.0323. The Morgan fingerprint density at radius 3 is 2.82 bits per heavy atom. The van der Waals surface area contributed by atoms with Crippen molar-refractivity contribution in [3.8, 4) is 0 Å². The maximum atomic E-state index is 11.3. The zero-order chi connectivity index (χ0) is 12.5. The first-order valence-corrected chi connectivity index (χ1v) is 6.58. The molecule has 0 aliphatic carbocycles. The SMILES string of the molecule is C=CCNC(=O)CSCC(O)c1ccccc1. The highest BCUT2D eigenvalue weighted by Crippen LogP contribution is 2.17. The van der Waals surface area contributed by atoms with Gasteiger partial charge >= 0.3 is 0 Å². The van der Waals surface area contributed by atoms with Gasteiger partial charge in [-0.05, 0) is 5.56 Å². The van der Waals surface area contributed by atoms with Crippen LogP contribution in [0.2, 0.25) is 0 Å². The molecule has 0 saturated carbocycles. The fourth-order valence-corrected chi connectivity index (χ4v) is 2.09. The van der Waals surface area contributed by atoms with E-state index in [1.54, 1.807) is 6.08 Å². The molecular weight excluding hydrogens is 234 g/mol. The number of hydrogen-bond donors (Lipinski definition) is 2. The number of benzene rings is 1. The van der Waals surface area contributed by atoms with Gasteiger partial charge in [-0.2, -0.15) is 0 Å². The summed E-state index contributed by atoms with van der Waals surface area (Å²) in [5.41, 5.74) is 0.881. The Balaban J connectivity index is 2.22. The largest absolute Gasteiger partial charge is 0.388 e. The summed E-state index contributed by atoms with van der Waals surface area (Å²) >= 11 is 1.42. The summed E-state index contributed by atoms with van der Waals surface area (Å²) in [5.74, 6) is 0.846. The third-order valence-electron chi connectivity index (χ3n) is 2.14. The molecule has 0 radical (unpaired) electrons. The smallest absolute Gasteiger partial charge is 0.230 e. The normalized spacial score (nSPS) is 11.8. The fourth-order valence-electron chi connectivity index (χ4n) is 1.27. The van der Waals surface area contributed by atoms with E-state index in [-0.39, 0.29) is 5.91 Å². The third kappa shape index (κ3) is 5.56. The predicted octanol–water partition coefficient (Wildman–Crippen LogP) is 1.76. The first-order chi connectivity index (χ1) is 8.24. The van der Waals surface area contributed by atoms with Gasteiger partial charge in [0, 0.05) is 12.3 Å². The van der Waals surface area contributed by atoms with Crippen LogP contribution in [0.15, 0.2) is 43.0 Å². The van der Waals surface area contributed by atoms with Crippen LogP contribution < -0.4 is 5.32 Å². The van der Waals surface area contributed by atoms with Gasteiger partial charge in [0.2, 0.25) is 5.91 Å². The van der Waals surface area contributed by atoms with Crippen LogP contribution in [0.4, 0.5) is 0 Å². The van der Waals surface area contributed by atoms with Crippen LogP contribution in [0.3, 0.4) is 0 Å². The van der Waals surface area contributed by atoms with E-state index in [0.717, 1.165) is 5.56 Å². The van der Waals surface area contributed by atoms with Gasteiger partial charge in [0.1, 0.15) is 0 Å². The molecule has 0 aromatic heterocycles. The molecular formula is C13H17NO2S. The number of thioether (sulfide) groups is 1. The lowest BCUT2D eigenvalue weighted by Gasteiger charge is -2.10. The van der Waals surface area contributed by atoms with Crippen molar-refractivity contribution >= 4 is 17.7 Å². The van der Waals surface area contributed by atoms with E-state index in [0.29, 0.717) is 18.1 Å². The summed E-state index contributed by atoms with van der Waals surface area (Å²) in [5, 5.41) is 12.5. The molecule has 1 aromatic rings. The number of carbonyl (C=O) groups is 1. The van der Waals surface area contributed by atoms with Crippen LogP contribution in [0.25, 0.3) is 0 Å². The summed E-state index contributed by atoms with van der Waals surface area (Å²) in [4.78, 5) is 11.3. The van der Waals surface area contributed by atoms with Crippen LogP contribution in [-0.2, 0) is 4.79 Å². The Morgan fingerprint density at radius 1 is 1.47 bits per heavy atom. The maximum Gasteiger partial charge on any atom is 0.230 e. The monoisotopic (exact) mass is 251 g/mol. The number of amides is 1. The molecule has 1 amide bonds. The van der Waals surface area contributed by atoms with Gasteiger partial charge in [-0.3, -0.25) is 4.79 Å². The molecule has 17 heavy (non-hydrogen) atoms. The number of nitrogens with one attached hydrogen (secondary N) is 1. The summed E-state index contributed by atoms with van der Waals surface area (Å²) < 4.78 is 0. The van der Waals surface area contributed by atoms with Crippen molar-refractivity contribution in [2.75, 3.05) is 18.1 Å². The number of carbonyl (C=O) groups excluding carboxylic acids is 1. The molecule has 1 rings (SSSR count). The van der Waals surface area contributed by atoms with Crippen LogP contribution in [0, 0.1) is 0 Å². The minimum Gasteiger partial charge on any atom is -0.388 e. The molecule has 4 heteroatoms. The van der Waals surface area contributed by atoms with Crippen LogP contribution in [0.5, 0.6) is 0 Å². The second-order valence-corrected chi connectivity index (χ2v) is 4.56. The van der Waals surface area contributed by atoms with Crippen molar-refractivity contribution in [2.24, 2.45) is 0 Å². The lowest BCUT2D eigenvalue weighted by atomic mass is 10.1. The van der Waals surface area contributed by atoms with Gasteiger partial charge in [0.25, 0.3) is 0 Å². The van der Waals surface area contributed by atoms with E-state index in [1.165, 1.54) is 11.8 Å². The first kappa shape index (κ1) is 13.8. The fraction of sp³-hybridized carbons (Fsp3) is 0.308. The van der Waals surface area contributed by atoms with Gasteiger partial charge in [-0.25, -0.2) is 0 Å². The van der Waals surface area contributed by atoms with E-state index < -0.39 is 6.10 Å². The van der Waals surface area contributed by atoms with Crippen molar-refractivity contribution in [3.05, 3.63) is 48.6 Å². The summed E-state index contributed by atoms with van der Waals surface area (Å²) in [7, 11) is 0. The Hall–Kier alpha value is -1.26. The quantitative estimate of drug-likeness (QED) is 0.726. The molecule has 0 bridgehead atoms. The molecule has 0 saturated heterocycles. The molecule has 0 fully saturated rings. The number of aliphatic hydroxyl groups excluding tert-OH is 1. The lowest BCUT2D eigenvalue weighted by molar-refractivity contribution is -0.118. The lowest BCUT2D eigenvalue weighted by Crippen LogP contribution is -2.25. The van der Waals surface area contributed by atoms with Crippen molar-refractivity contribution in [3.63, 3.8) is 0 Å². The zero-order valence-electron chi connectivity index (χ0n) is 9.63. The third-order valence-corrected chi connectivity index (χ3v) is 3.15. The average molecular weight is 251 g/mol. The molecule has 0 heterocycles. The van der Waals surface area contributed by atoms with E-state index in [4.69, 9.17) is 0 Å². The molecule has 1 unspecified atom stereocenters. The molecule has 0 aliphatic rings. The van der Waals surface area contributed by atoms with E-state index in [9.17, 15) is 9.90 Å². The topological polar surface area (TPSA) is 49.3 Å². The Kier molecular flexibility index (Phi) is 6.43. The molecule has 1 atom stereocenters. The van der Waals surface area contributed by atoms with Crippen molar-refractivity contribution < 1.29 is 9.90 Å². The van der Waals surface area contributed by atoms with Gasteiger partial charge in [-0.1, -0.05) is 36.4 Å². The van der Waals surface area contributed by atoms with Crippen molar-refractivity contribution in [1.82, 2.24) is 5.32 Å². The molecule has 1 aromatic carbocycles. The van der Waals surface area contributed by atoms with E-state index in [1.807, 2.05) is 30.3 Å². The maximum absolute atomic E-state index is 11.3. The summed E-state index contributed by atoms with van der Waals surface area (Å²) in [6, 6.07) is 9.44. The Bertz CT molecular complexity index is 354. The average Bonchev–Trinajstić information content (AvgIpc) is 2.37. The molecule has 2 N–H and O–H groups in total. The Morgan fingerprint density at radius 2 is 2.18 bits per heavy atom. The Labute approximate surface area is 106 Å². The highest BCUT2D eigenvalue weighted by atomic mass is 32.2.